The molecule has 1 aromatic carbocycles. The highest BCUT2D eigenvalue weighted by Crippen LogP contribution is 2.29. The fourth-order valence-electron chi connectivity index (χ4n) is 3.37. The minimum atomic E-state index is 0.192. The zero-order valence-electron chi connectivity index (χ0n) is 15.6. The van der Waals surface area contributed by atoms with Crippen LogP contribution in [0.25, 0.3) is 0 Å². The van der Waals surface area contributed by atoms with Gasteiger partial charge >= 0.3 is 0 Å². The molecule has 0 aliphatic carbocycles. The molecular weight excluding hydrogens is 362 g/mol. The third-order valence-electron chi connectivity index (χ3n) is 4.75. The van der Waals surface area contributed by atoms with Crippen molar-refractivity contribution in [2.45, 2.75) is 32.9 Å². The van der Waals surface area contributed by atoms with Gasteiger partial charge in [-0.25, -0.2) is 0 Å². The van der Waals surface area contributed by atoms with E-state index in [-0.39, 0.29) is 12.1 Å². The topological polar surface area (TPSA) is 36.5 Å². The lowest BCUT2D eigenvalue weighted by Crippen LogP contribution is -2.49. The maximum Gasteiger partial charge on any atom is 0.171 e. The van der Waals surface area contributed by atoms with Crippen molar-refractivity contribution >= 4 is 34.4 Å². The first-order valence-corrected chi connectivity index (χ1v) is 10.3. The van der Waals surface area contributed by atoms with Gasteiger partial charge in [0.25, 0.3) is 0 Å². The van der Waals surface area contributed by atoms with Crippen molar-refractivity contribution < 1.29 is 4.74 Å². The first-order valence-electron chi connectivity index (χ1n) is 9.04. The number of nitrogens with zero attached hydrogens (tertiary/aromatic N) is 1. The molecule has 1 saturated heterocycles. The van der Waals surface area contributed by atoms with Gasteiger partial charge in [0.15, 0.2) is 5.11 Å². The zero-order chi connectivity index (χ0) is 18.5. The number of rotatable bonds is 5. The molecule has 0 amide bonds. The van der Waals surface area contributed by atoms with Gasteiger partial charge in [0, 0.05) is 29.7 Å². The molecule has 0 spiro atoms. The second-order valence-corrected chi connectivity index (χ2v) is 8.20. The highest BCUT2D eigenvalue weighted by molar-refractivity contribution is 7.80. The Bertz CT molecular complexity index is 727. The molecule has 0 saturated carbocycles. The number of morpholine rings is 1. The molecule has 0 bridgehead atoms. The molecule has 2 heterocycles. The molecule has 2 N–H and O–H groups in total. The molecule has 3 rings (SSSR count). The Morgan fingerprint density at radius 1 is 1.23 bits per heavy atom. The fraction of sp³-hybridized carbons (Fsp3) is 0.450. The summed E-state index contributed by atoms with van der Waals surface area (Å²) in [6, 6.07) is 11.2. The van der Waals surface area contributed by atoms with E-state index in [0.29, 0.717) is 5.11 Å². The molecule has 2 aromatic rings. The molecular formula is C20H27N3OS2. The van der Waals surface area contributed by atoms with Crippen LogP contribution >= 0.6 is 23.6 Å². The van der Waals surface area contributed by atoms with Crippen LogP contribution in [0, 0.1) is 13.8 Å². The quantitative estimate of drug-likeness (QED) is 0.753. The molecule has 1 aliphatic heterocycles. The Morgan fingerprint density at radius 2 is 2.00 bits per heavy atom. The van der Waals surface area contributed by atoms with Gasteiger partial charge in [-0.3, -0.25) is 4.90 Å². The molecule has 1 fully saturated rings. The largest absolute Gasteiger partial charge is 0.379 e. The zero-order valence-corrected chi connectivity index (χ0v) is 17.3. The number of hydrogen-bond donors (Lipinski definition) is 2. The van der Waals surface area contributed by atoms with E-state index < -0.39 is 0 Å². The number of anilines is 1. The first-order chi connectivity index (χ1) is 12.5. The lowest BCUT2D eigenvalue weighted by Gasteiger charge is -2.38. The maximum atomic E-state index is 5.60. The number of benzene rings is 1. The summed E-state index contributed by atoms with van der Waals surface area (Å²) in [6.45, 7) is 9.87. The third kappa shape index (κ3) is 4.82. The first kappa shape index (κ1) is 19.3. The Hall–Kier alpha value is -1.47. The summed E-state index contributed by atoms with van der Waals surface area (Å²) in [5.41, 5.74) is 3.47. The summed E-state index contributed by atoms with van der Waals surface area (Å²) in [6.07, 6.45) is 0. The third-order valence-corrected chi connectivity index (χ3v) is 5.91. The predicted molar refractivity (Wildman–Crippen MR) is 114 cm³/mol. The van der Waals surface area contributed by atoms with E-state index in [4.69, 9.17) is 17.0 Å². The molecule has 0 unspecified atom stereocenters. The summed E-state index contributed by atoms with van der Waals surface area (Å²) < 4.78 is 5.53. The Labute approximate surface area is 165 Å². The fourth-order valence-corrected chi connectivity index (χ4v) is 4.63. The van der Waals surface area contributed by atoms with Crippen molar-refractivity contribution in [1.82, 2.24) is 10.2 Å². The van der Waals surface area contributed by atoms with E-state index >= 15 is 0 Å². The standard InChI is InChI=1S/C20H27N3OS2/c1-14-6-7-15(2)17(13-14)22-20(25)21-16(3)19(18-5-4-12-26-18)23-8-10-24-11-9-23/h4-7,12-13,16,19H,8-11H2,1-3H3,(H2,21,22,25)/t16-,19-/m1/s1. The molecule has 1 aromatic heterocycles. The average molecular weight is 390 g/mol. The van der Waals surface area contributed by atoms with E-state index in [1.54, 1.807) is 11.3 Å². The molecule has 140 valence electrons. The van der Waals surface area contributed by atoms with Crippen molar-refractivity contribution in [3.63, 3.8) is 0 Å². The van der Waals surface area contributed by atoms with E-state index in [0.717, 1.165) is 32.0 Å². The smallest absolute Gasteiger partial charge is 0.171 e. The monoisotopic (exact) mass is 389 g/mol. The van der Waals surface area contributed by atoms with Gasteiger partial charge in [0.1, 0.15) is 0 Å². The van der Waals surface area contributed by atoms with Crippen molar-refractivity contribution in [1.29, 1.82) is 0 Å². The summed E-state index contributed by atoms with van der Waals surface area (Å²) in [4.78, 5) is 3.86. The molecule has 26 heavy (non-hydrogen) atoms. The number of aryl methyl sites for hydroxylation is 2. The minimum Gasteiger partial charge on any atom is -0.379 e. The van der Waals surface area contributed by atoms with Crippen LogP contribution in [-0.2, 0) is 4.74 Å². The average Bonchev–Trinajstić information content (AvgIpc) is 3.13. The summed E-state index contributed by atoms with van der Waals surface area (Å²) in [5, 5.41) is 9.68. The number of hydrogen-bond acceptors (Lipinski definition) is 4. The molecule has 4 nitrogen and oxygen atoms in total. The second-order valence-electron chi connectivity index (χ2n) is 6.81. The lowest BCUT2D eigenvalue weighted by atomic mass is 10.1. The van der Waals surface area contributed by atoms with Crippen LogP contribution in [-0.4, -0.2) is 42.4 Å². The maximum absolute atomic E-state index is 5.60. The normalized spacial score (nSPS) is 17.5. The van der Waals surface area contributed by atoms with Gasteiger partial charge in [-0.2, -0.15) is 0 Å². The molecule has 0 radical (unpaired) electrons. The van der Waals surface area contributed by atoms with E-state index in [1.807, 2.05) is 0 Å². The van der Waals surface area contributed by atoms with E-state index in [1.165, 1.54) is 16.0 Å². The van der Waals surface area contributed by atoms with Crippen LogP contribution in [0.1, 0.15) is 29.0 Å². The number of nitrogens with one attached hydrogen (secondary N) is 2. The van der Waals surface area contributed by atoms with Crippen LogP contribution in [0.5, 0.6) is 0 Å². The predicted octanol–water partition coefficient (Wildman–Crippen LogP) is 4.11. The van der Waals surface area contributed by atoms with Gasteiger partial charge in [-0.05, 0) is 61.6 Å². The molecule has 1 aliphatic rings. The minimum absolute atomic E-state index is 0.192. The van der Waals surface area contributed by atoms with Crippen LogP contribution < -0.4 is 10.6 Å². The number of ether oxygens (including phenoxy) is 1. The van der Waals surface area contributed by atoms with Crippen LogP contribution in [0.3, 0.4) is 0 Å². The highest BCUT2D eigenvalue weighted by Gasteiger charge is 2.28. The van der Waals surface area contributed by atoms with Crippen LogP contribution in [0.4, 0.5) is 5.69 Å². The SMILES string of the molecule is Cc1ccc(C)c(NC(=S)N[C@H](C)[C@H](c2cccs2)N2CCOCC2)c1. The van der Waals surface area contributed by atoms with E-state index in [9.17, 15) is 0 Å². The second kappa shape index (κ2) is 8.95. The van der Waals surface area contributed by atoms with Gasteiger partial charge in [-0.15, -0.1) is 11.3 Å². The van der Waals surface area contributed by atoms with Gasteiger partial charge < -0.3 is 15.4 Å². The Balaban J connectivity index is 1.69. The van der Waals surface area contributed by atoms with Crippen LogP contribution in [0.2, 0.25) is 0 Å². The van der Waals surface area contributed by atoms with Crippen molar-refractivity contribution in [2.75, 3.05) is 31.6 Å². The Morgan fingerprint density at radius 3 is 2.69 bits per heavy atom. The van der Waals surface area contributed by atoms with Crippen molar-refractivity contribution in [3.8, 4) is 0 Å². The van der Waals surface area contributed by atoms with Gasteiger partial charge in [-0.1, -0.05) is 18.2 Å². The lowest BCUT2D eigenvalue weighted by molar-refractivity contribution is 0.0110. The van der Waals surface area contributed by atoms with Gasteiger partial charge in [0.05, 0.1) is 19.3 Å². The highest BCUT2D eigenvalue weighted by atomic mass is 32.1. The van der Waals surface area contributed by atoms with Gasteiger partial charge in [0.2, 0.25) is 0 Å². The summed E-state index contributed by atoms with van der Waals surface area (Å²) in [7, 11) is 0. The van der Waals surface area contributed by atoms with Crippen molar-refractivity contribution in [2.24, 2.45) is 0 Å². The van der Waals surface area contributed by atoms with Crippen molar-refractivity contribution in [3.05, 3.63) is 51.7 Å². The Kier molecular flexibility index (Phi) is 6.64. The number of thiocarbonyl (C=S) groups is 1. The summed E-state index contributed by atoms with van der Waals surface area (Å²) >= 11 is 7.41. The summed E-state index contributed by atoms with van der Waals surface area (Å²) in [5.74, 6) is 0. The van der Waals surface area contributed by atoms with Crippen LogP contribution in [0.15, 0.2) is 35.7 Å². The molecule has 2 atom stereocenters. The molecule has 6 heteroatoms. The number of thiophene rings is 1. The van der Waals surface area contributed by atoms with E-state index in [2.05, 4.69) is 72.0 Å².